The van der Waals surface area contributed by atoms with Gasteiger partial charge in [-0.2, -0.15) is 9.42 Å². The van der Waals surface area contributed by atoms with E-state index in [2.05, 4.69) is 69.4 Å². The summed E-state index contributed by atoms with van der Waals surface area (Å²) in [5.41, 5.74) is 0.703. The van der Waals surface area contributed by atoms with Crippen molar-refractivity contribution in [1.82, 2.24) is 4.57 Å². The maximum absolute atomic E-state index is 12.1. The molecule has 1 aromatic carbocycles. The Kier molecular flexibility index (Phi) is 10.1. The van der Waals surface area contributed by atoms with Crippen molar-refractivity contribution in [3.63, 3.8) is 0 Å². The molecule has 0 spiro atoms. The fourth-order valence-electron chi connectivity index (χ4n) is 4.62. The Hall–Kier alpha value is -2.15. The summed E-state index contributed by atoms with van der Waals surface area (Å²) in [5, 5.41) is 26.5. The number of aromatic hydroxyl groups is 2. The number of aromatic nitrogens is 1. The third-order valence-corrected chi connectivity index (χ3v) is 15.1. The monoisotopic (exact) mass is 671 g/mol. The first kappa shape index (κ1) is 36.3. The fraction of sp³-hybridized carbons (Fsp3) is 0.633. The van der Waals surface area contributed by atoms with E-state index in [9.17, 15) is 23.5 Å². The van der Waals surface area contributed by atoms with Crippen LogP contribution in [0.15, 0.2) is 23.0 Å². The fourth-order valence-corrected chi connectivity index (χ4v) is 8.01. The molecule has 44 heavy (non-hydrogen) atoms. The Labute approximate surface area is 264 Å². The highest BCUT2D eigenvalue weighted by Crippen LogP contribution is 2.60. The van der Waals surface area contributed by atoms with E-state index in [0.717, 1.165) is 12.7 Å². The molecule has 248 valence electrons. The summed E-state index contributed by atoms with van der Waals surface area (Å²) in [6, 6.07) is 4.64. The van der Waals surface area contributed by atoms with Crippen LogP contribution in [-0.2, 0) is 30.9 Å². The van der Waals surface area contributed by atoms with Crippen LogP contribution in [0.4, 0.5) is 11.4 Å². The molecule has 0 fully saturated rings. The van der Waals surface area contributed by atoms with Gasteiger partial charge in [-0.25, -0.2) is 8.42 Å². The molecule has 1 unspecified atom stereocenters. The van der Waals surface area contributed by atoms with E-state index < -0.39 is 31.6 Å². The Bertz CT molecular complexity index is 1520. The molecule has 5 N–H and O–H groups in total. The van der Waals surface area contributed by atoms with Gasteiger partial charge in [0.1, 0.15) is 12.2 Å². The van der Waals surface area contributed by atoms with Gasteiger partial charge in [0.05, 0.1) is 29.9 Å². The van der Waals surface area contributed by atoms with Crippen LogP contribution in [-0.4, -0.2) is 61.7 Å². The standard InChI is InChI=1S/C30H51N4O7PSSi/c1-28(2,3)15-16-34-25(29(4,5)6)24(35)23(27(34)36)26-31-21-14-13-20(33-43(10,38)39)19-22(21)42(37,32-26)40-17-18-41-44(11,12)30(7,8)9/h13-14,19,33,37H,15-18H2,1-12H3,(H2-,31,32,35,36)/p+1. The molecule has 0 saturated heterocycles. The van der Waals surface area contributed by atoms with Gasteiger partial charge in [0.25, 0.3) is 0 Å². The number of benzene rings is 1. The summed E-state index contributed by atoms with van der Waals surface area (Å²) in [6.45, 7) is 23.5. The van der Waals surface area contributed by atoms with E-state index in [0.29, 0.717) is 17.9 Å². The van der Waals surface area contributed by atoms with Gasteiger partial charge in [-0.05, 0) is 46.9 Å². The first-order valence-electron chi connectivity index (χ1n) is 14.8. The molecule has 0 radical (unpaired) electrons. The molecule has 2 heterocycles. The van der Waals surface area contributed by atoms with Crippen LogP contribution < -0.4 is 15.3 Å². The molecule has 11 nitrogen and oxygen atoms in total. The van der Waals surface area contributed by atoms with E-state index >= 15 is 0 Å². The topological polar surface area (TPSA) is 155 Å². The normalized spacial score (nSPS) is 18.1. The molecule has 0 bridgehead atoms. The average Bonchev–Trinajstić information content (AvgIpc) is 3.08. The van der Waals surface area contributed by atoms with E-state index in [-0.39, 0.29) is 57.7 Å². The molecule has 1 atom stereocenters. The number of amidine groups is 1. The minimum Gasteiger partial charge on any atom is -0.505 e. The molecule has 0 amide bonds. The average molecular weight is 672 g/mol. The summed E-state index contributed by atoms with van der Waals surface area (Å²) < 4.78 is 45.0. The van der Waals surface area contributed by atoms with E-state index in [1.54, 1.807) is 16.7 Å². The van der Waals surface area contributed by atoms with Crippen molar-refractivity contribution >= 4 is 48.7 Å². The minimum atomic E-state index is -3.82. The minimum absolute atomic E-state index is 0.0160. The van der Waals surface area contributed by atoms with Crippen LogP contribution in [0.2, 0.25) is 18.1 Å². The molecule has 0 aliphatic carbocycles. The molecular formula is C30H52N4O7PSSi+. The molecular weight excluding hydrogens is 619 g/mol. The number of hydrogen-bond acceptors (Lipinski definition) is 9. The number of hydrogen-bond donors (Lipinski definition) is 5. The highest BCUT2D eigenvalue weighted by Gasteiger charge is 2.50. The zero-order valence-electron chi connectivity index (χ0n) is 28.3. The number of nitrogens with zero attached hydrogens (tertiary/aromatic N) is 2. The first-order chi connectivity index (χ1) is 19.8. The van der Waals surface area contributed by atoms with E-state index in [1.807, 2.05) is 20.8 Å². The van der Waals surface area contributed by atoms with Gasteiger partial charge in [0, 0.05) is 18.0 Å². The van der Waals surface area contributed by atoms with Crippen molar-refractivity contribution in [3.8, 4) is 11.6 Å². The SMILES string of the molecule is CC(C)(C)CCn1c(O)c(C2=N[P+](O)(OCCO[Si](C)(C)C(C)(C)C)c3cc(NS(C)(=O)=O)ccc3N2)c(O)c1C(C)(C)C. The van der Waals surface area contributed by atoms with Gasteiger partial charge in [-0.15, -0.1) is 0 Å². The van der Waals surface area contributed by atoms with Crippen LogP contribution in [0, 0.1) is 5.41 Å². The number of fused-ring (bicyclic) bond motifs is 1. The highest BCUT2D eigenvalue weighted by atomic mass is 32.2. The summed E-state index contributed by atoms with van der Waals surface area (Å²) >= 11 is 0. The van der Waals surface area contributed by atoms with Crippen molar-refractivity contribution in [1.29, 1.82) is 0 Å². The smallest absolute Gasteiger partial charge is 0.432 e. The van der Waals surface area contributed by atoms with Crippen molar-refractivity contribution in [2.75, 3.05) is 29.5 Å². The quantitative estimate of drug-likeness (QED) is 0.112. The third-order valence-electron chi connectivity index (χ3n) is 7.97. The molecule has 1 aromatic heterocycles. The summed E-state index contributed by atoms with van der Waals surface area (Å²) in [4.78, 5) is 12.1. The Balaban J connectivity index is 2.12. The Morgan fingerprint density at radius 1 is 1.05 bits per heavy atom. The lowest BCUT2D eigenvalue weighted by molar-refractivity contribution is 0.199. The van der Waals surface area contributed by atoms with Gasteiger partial charge in [0.2, 0.25) is 21.2 Å². The van der Waals surface area contributed by atoms with Gasteiger partial charge >= 0.3 is 7.87 Å². The molecule has 14 heteroatoms. The second-order valence-corrected chi connectivity index (χ2v) is 23.9. The number of sulfonamides is 1. The van der Waals surface area contributed by atoms with E-state index in [1.165, 1.54) is 6.07 Å². The summed E-state index contributed by atoms with van der Waals surface area (Å²) in [5.74, 6) is -0.256. The van der Waals surface area contributed by atoms with E-state index in [4.69, 9.17) is 8.95 Å². The predicted molar refractivity (Wildman–Crippen MR) is 183 cm³/mol. The van der Waals surface area contributed by atoms with Gasteiger partial charge in [-0.3, -0.25) is 4.72 Å². The largest absolute Gasteiger partial charge is 0.505 e. The molecule has 1 aliphatic heterocycles. The maximum atomic E-state index is 12.1. The first-order valence-corrected chi connectivity index (χ1v) is 21.2. The van der Waals surface area contributed by atoms with Crippen molar-refractivity contribution in [2.45, 2.75) is 98.8 Å². The van der Waals surface area contributed by atoms with Gasteiger partial charge in [0.15, 0.2) is 19.9 Å². The zero-order chi connectivity index (χ0) is 33.7. The Morgan fingerprint density at radius 2 is 1.66 bits per heavy atom. The third kappa shape index (κ3) is 8.35. The van der Waals surface area contributed by atoms with Crippen molar-refractivity contribution in [2.24, 2.45) is 10.2 Å². The van der Waals surface area contributed by atoms with Gasteiger partial charge in [-0.1, -0.05) is 62.3 Å². The maximum Gasteiger partial charge on any atom is 0.432 e. The van der Waals surface area contributed by atoms with Crippen LogP contribution in [0.5, 0.6) is 11.6 Å². The van der Waals surface area contributed by atoms with Crippen LogP contribution in [0.3, 0.4) is 0 Å². The summed E-state index contributed by atoms with van der Waals surface area (Å²) in [6.07, 6.45) is 1.78. The molecule has 2 aromatic rings. The van der Waals surface area contributed by atoms with Gasteiger partial charge < -0.3 is 24.5 Å². The zero-order valence-corrected chi connectivity index (χ0v) is 31.0. The Morgan fingerprint density at radius 3 is 2.18 bits per heavy atom. The second kappa shape index (κ2) is 12.2. The molecule has 3 rings (SSSR count). The molecule has 0 saturated carbocycles. The number of rotatable bonds is 10. The van der Waals surface area contributed by atoms with Crippen LogP contribution >= 0.6 is 7.87 Å². The molecule has 1 aliphatic rings. The summed E-state index contributed by atoms with van der Waals surface area (Å²) in [7, 11) is -9.50. The second-order valence-electron chi connectivity index (χ2n) is 15.3. The number of nitrogens with one attached hydrogen (secondary N) is 2. The van der Waals surface area contributed by atoms with Crippen molar-refractivity contribution < 1.29 is 32.5 Å². The lowest BCUT2D eigenvalue weighted by Crippen LogP contribution is -2.41. The predicted octanol–water partition coefficient (Wildman–Crippen LogP) is 6.30. The van der Waals surface area contributed by atoms with Crippen molar-refractivity contribution in [3.05, 3.63) is 29.5 Å². The van der Waals surface area contributed by atoms with Crippen LogP contribution in [0.1, 0.15) is 80.0 Å². The van der Waals surface area contributed by atoms with Crippen LogP contribution in [0.25, 0.3) is 0 Å². The number of anilines is 2. The highest BCUT2D eigenvalue weighted by molar-refractivity contribution is 7.92. The lowest BCUT2D eigenvalue weighted by atomic mass is 9.89. The lowest BCUT2D eigenvalue weighted by Gasteiger charge is -2.36.